The van der Waals surface area contributed by atoms with E-state index in [1.807, 2.05) is 6.92 Å². The number of ether oxygens (including phenoxy) is 1. The van der Waals surface area contributed by atoms with E-state index in [0.717, 1.165) is 38.1 Å². The third kappa shape index (κ3) is 7.99. The van der Waals surface area contributed by atoms with Crippen LogP contribution in [0.4, 0.5) is 0 Å². The van der Waals surface area contributed by atoms with Gasteiger partial charge >= 0.3 is 8.80 Å². The summed E-state index contributed by atoms with van der Waals surface area (Å²) >= 11 is 5.01. The third-order valence-corrected chi connectivity index (χ3v) is 6.06. The lowest BCUT2D eigenvalue weighted by atomic mass is 10.1. The molecule has 0 rings (SSSR count). The van der Waals surface area contributed by atoms with E-state index >= 15 is 0 Å². The number of hydrogen-bond donors (Lipinski definition) is 0. The third-order valence-electron chi connectivity index (χ3n) is 3.14. The van der Waals surface area contributed by atoms with Gasteiger partial charge in [-0.1, -0.05) is 13.3 Å². The van der Waals surface area contributed by atoms with E-state index in [9.17, 15) is 0 Å². The van der Waals surface area contributed by atoms with Crippen LogP contribution in [0.5, 0.6) is 0 Å². The molecule has 0 fully saturated rings. The summed E-state index contributed by atoms with van der Waals surface area (Å²) < 4.78 is 21.8. The number of hydrogen-bond acceptors (Lipinski definition) is 5. The predicted octanol–water partition coefficient (Wildman–Crippen LogP) is 3.57. The standard InChI is InChI=1S/C13H28O4SSi/c1-6-9-13(17-12(2)18)10-7-8-11-19(14-3,15-4)16-5/h13H,6-11H2,1-5H3. The Balaban J connectivity index is 4.01. The highest BCUT2D eigenvalue weighted by Gasteiger charge is 2.36. The molecule has 0 aliphatic rings. The highest BCUT2D eigenvalue weighted by molar-refractivity contribution is 7.80. The van der Waals surface area contributed by atoms with Crippen molar-refractivity contribution >= 4 is 26.1 Å². The van der Waals surface area contributed by atoms with Gasteiger partial charge in [-0.25, -0.2) is 0 Å². The first-order valence-corrected chi connectivity index (χ1v) is 9.20. The van der Waals surface area contributed by atoms with Crippen LogP contribution in [-0.2, 0) is 18.0 Å². The minimum absolute atomic E-state index is 0.242. The van der Waals surface area contributed by atoms with Gasteiger partial charge in [0.15, 0.2) is 5.05 Å². The minimum atomic E-state index is -2.41. The zero-order valence-corrected chi connectivity index (χ0v) is 14.7. The Morgan fingerprint density at radius 3 is 2.05 bits per heavy atom. The van der Waals surface area contributed by atoms with Crippen LogP contribution >= 0.6 is 12.2 Å². The molecule has 0 radical (unpaired) electrons. The van der Waals surface area contributed by atoms with Crippen LogP contribution in [0.2, 0.25) is 6.04 Å². The minimum Gasteiger partial charge on any atom is -0.484 e. The lowest BCUT2D eigenvalue weighted by Gasteiger charge is -2.24. The molecule has 0 aromatic carbocycles. The summed E-state index contributed by atoms with van der Waals surface area (Å²) in [4.78, 5) is 0. The first kappa shape index (κ1) is 19.0. The normalized spacial score (nSPS) is 13.3. The summed E-state index contributed by atoms with van der Waals surface area (Å²) in [6, 6.07) is 0.839. The zero-order chi connectivity index (χ0) is 14.7. The van der Waals surface area contributed by atoms with Crippen LogP contribution in [0.3, 0.4) is 0 Å². The average Bonchev–Trinajstić information content (AvgIpc) is 2.39. The fourth-order valence-corrected chi connectivity index (χ4v) is 4.02. The van der Waals surface area contributed by atoms with Gasteiger partial charge in [-0.15, -0.1) is 0 Å². The Kier molecular flexibility index (Phi) is 10.7. The van der Waals surface area contributed by atoms with Crippen molar-refractivity contribution in [1.29, 1.82) is 0 Å². The second kappa shape index (κ2) is 10.7. The van der Waals surface area contributed by atoms with Crippen molar-refractivity contribution in [3.63, 3.8) is 0 Å². The molecule has 0 N–H and O–H groups in total. The Morgan fingerprint density at radius 2 is 1.63 bits per heavy atom. The topological polar surface area (TPSA) is 36.9 Å². The van der Waals surface area contributed by atoms with Gasteiger partial charge in [-0.05, 0) is 37.9 Å². The second-order valence-electron chi connectivity index (χ2n) is 4.56. The second-order valence-corrected chi connectivity index (χ2v) is 8.23. The molecular weight excluding hydrogens is 280 g/mol. The van der Waals surface area contributed by atoms with Crippen LogP contribution in [0.1, 0.15) is 46.0 Å². The molecule has 0 spiro atoms. The predicted molar refractivity (Wildman–Crippen MR) is 83.5 cm³/mol. The largest absolute Gasteiger partial charge is 0.500 e. The summed E-state index contributed by atoms with van der Waals surface area (Å²) in [6.07, 6.45) is 5.50. The summed E-state index contributed by atoms with van der Waals surface area (Å²) in [7, 11) is 2.55. The SMILES string of the molecule is CCCC(CCCC[Si](OC)(OC)OC)OC(C)=S. The van der Waals surface area contributed by atoms with Crippen molar-refractivity contribution in [1.82, 2.24) is 0 Å². The summed E-state index contributed by atoms with van der Waals surface area (Å²) in [6.45, 7) is 3.99. The molecule has 19 heavy (non-hydrogen) atoms. The highest BCUT2D eigenvalue weighted by atomic mass is 32.1. The molecule has 6 heteroatoms. The number of rotatable bonds is 11. The van der Waals surface area contributed by atoms with Crippen LogP contribution in [0, 0.1) is 0 Å². The maximum absolute atomic E-state index is 5.65. The Labute approximate surface area is 124 Å². The molecule has 0 amide bonds. The smallest absolute Gasteiger partial charge is 0.484 e. The molecule has 114 valence electrons. The van der Waals surface area contributed by atoms with E-state index in [1.54, 1.807) is 21.3 Å². The van der Waals surface area contributed by atoms with E-state index in [0.29, 0.717) is 5.05 Å². The quantitative estimate of drug-likeness (QED) is 0.331. The van der Waals surface area contributed by atoms with Gasteiger partial charge in [-0.2, -0.15) is 0 Å². The lowest BCUT2D eigenvalue weighted by molar-refractivity contribution is 0.121. The van der Waals surface area contributed by atoms with E-state index in [-0.39, 0.29) is 6.10 Å². The molecule has 4 nitrogen and oxygen atoms in total. The fraction of sp³-hybridized carbons (Fsp3) is 0.923. The van der Waals surface area contributed by atoms with Gasteiger partial charge in [0.05, 0.1) is 6.10 Å². The molecule has 0 aliphatic heterocycles. The molecule has 1 unspecified atom stereocenters. The van der Waals surface area contributed by atoms with Crippen LogP contribution in [0.15, 0.2) is 0 Å². The van der Waals surface area contributed by atoms with Gasteiger partial charge < -0.3 is 18.0 Å². The maximum Gasteiger partial charge on any atom is 0.500 e. The van der Waals surface area contributed by atoms with Crippen molar-refractivity contribution in [2.45, 2.75) is 58.1 Å². The molecular formula is C13H28O4SSi. The monoisotopic (exact) mass is 308 g/mol. The van der Waals surface area contributed by atoms with Crippen LogP contribution in [-0.4, -0.2) is 41.3 Å². The molecule has 0 bridgehead atoms. The first-order valence-electron chi connectivity index (χ1n) is 6.86. The zero-order valence-electron chi connectivity index (χ0n) is 12.9. The summed E-state index contributed by atoms with van der Waals surface area (Å²) in [5.74, 6) is 0. The van der Waals surface area contributed by atoms with E-state index in [4.69, 9.17) is 30.2 Å². The Morgan fingerprint density at radius 1 is 1.05 bits per heavy atom. The van der Waals surface area contributed by atoms with Crippen molar-refractivity contribution < 1.29 is 18.0 Å². The van der Waals surface area contributed by atoms with E-state index in [1.165, 1.54) is 0 Å². The molecule has 0 saturated carbocycles. The van der Waals surface area contributed by atoms with Crippen molar-refractivity contribution in [2.24, 2.45) is 0 Å². The molecule has 0 aromatic rings. The first-order chi connectivity index (χ1) is 9.03. The van der Waals surface area contributed by atoms with E-state index < -0.39 is 8.80 Å². The van der Waals surface area contributed by atoms with Gasteiger partial charge in [0.25, 0.3) is 0 Å². The van der Waals surface area contributed by atoms with Crippen molar-refractivity contribution in [3.8, 4) is 0 Å². The summed E-state index contributed by atoms with van der Waals surface area (Å²) in [5.41, 5.74) is 0. The van der Waals surface area contributed by atoms with Crippen LogP contribution < -0.4 is 0 Å². The van der Waals surface area contributed by atoms with Gasteiger partial charge in [0.1, 0.15) is 0 Å². The van der Waals surface area contributed by atoms with Crippen molar-refractivity contribution in [2.75, 3.05) is 21.3 Å². The van der Waals surface area contributed by atoms with Gasteiger partial charge in [0.2, 0.25) is 0 Å². The number of unbranched alkanes of at least 4 members (excludes halogenated alkanes) is 1. The average molecular weight is 309 g/mol. The molecule has 0 aliphatic carbocycles. The maximum atomic E-state index is 5.65. The van der Waals surface area contributed by atoms with Gasteiger partial charge in [-0.3, -0.25) is 0 Å². The Bertz CT molecular complexity index is 239. The molecule has 0 aromatic heterocycles. The Hall–Kier alpha value is -0.0131. The fourth-order valence-electron chi connectivity index (χ4n) is 2.09. The lowest BCUT2D eigenvalue weighted by Crippen LogP contribution is -2.42. The van der Waals surface area contributed by atoms with Gasteiger partial charge in [0, 0.05) is 34.3 Å². The van der Waals surface area contributed by atoms with Crippen molar-refractivity contribution in [3.05, 3.63) is 0 Å². The molecule has 0 heterocycles. The molecule has 0 saturated heterocycles. The molecule has 1 atom stereocenters. The summed E-state index contributed by atoms with van der Waals surface area (Å²) in [5, 5.41) is 0.632. The highest BCUT2D eigenvalue weighted by Crippen LogP contribution is 2.19. The van der Waals surface area contributed by atoms with E-state index in [2.05, 4.69) is 6.92 Å². The van der Waals surface area contributed by atoms with Crippen LogP contribution in [0.25, 0.3) is 0 Å². The number of thiocarbonyl (C=S) groups is 1.